The summed E-state index contributed by atoms with van der Waals surface area (Å²) in [6.07, 6.45) is 3.15. The smallest absolute Gasteiger partial charge is 0.328 e. The number of rotatable bonds is 10. The fourth-order valence-corrected chi connectivity index (χ4v) is 2.46. The van der Waals surface area contributed by atoms with E-state index < -0.39 is 28.5 Å². The summed E-state index contributed by atoms with van der Waals surface area (Å²) in [6.45, 7) is 3.24. The van der Waals surface area contributed by atoms with Crippen molar-refractivity contribution in [3.63, 3.8) is 0 Å². The summed E-state index contributed by atoms with van der Waals surface area (Å²) in [7, 11) is 1.36. The van der Waals surface area contributed by atoms with Gasteiger partial charge in [0.2, 0.25) is 0 Å². The van der Waals surface area contributed by atoms with E-state index in [9.17, 15) is 19.7 Å². The third-order valence-electron chi connectivity index (χ3n) is 3.07. The molecule has 0 saturated heterocycles. The van der Waals surface area contributed by atoms with E-state index in [2.05, 4.69) is 11.9 Å². The Hall–Kier alpha value is -2.59. The van der Waals surface area contributed by atoms with E-state index in [0.29, 0.717) is 4.90 Å². The summed E-state index contributed by atoms with van der Waals surface area (Å²) in [6, 6.07) is 1.07. The van der Waals surface area contributed by atoms with Crippen molar-refractivity contribution in [1.29, 1.82) is 0 Å². The molecule has 1 unspecified atom stereocenters. The maximum absolute atomic E-state index is 12.4. The lowest BCUT2D eigenvalue weighted by Gasteiger charge is -2.15. The van der Waals surface area contributed by atoms with Crippen molar-refractivity contribution in [2.75, 3.05) is 26.6 Å². The second kappa shape index (κ2) is 9.64. The molecule has 0 aromatic heterocycles. The van der Waals surface area contributed by atoms with Gasteiger partial charge in [0.25, 0.3) is 11.6 Å². The molecule has 0 aliphatic carbocycles. The van der Waals surface area contributed by atoms with Gasteiger partial charge in [0, 0.05) is 0 Å². The Morgan fingerprint density at radius 2 is 2.20 bits per heavy atom. The largest absolute Gasteiger partial charge is 0.495 e. The quantitative estimate of drug-likeness (QED) is 0.209. The number of hydrogen-bond acceptors (Lipinski definition) is 7. The van der Waals surface area contributed by atoms with Crippen molar-refractivity contribution in [2.45, 2.75) is 10.9 Å². The molecule has 0 aliphatic rings. The highest BCUT2D eigenvalue weighted by atomic mass is 32.2. The summed E-state index contributed by atoms with van der Waals surface area (Å²) >= 11 is 1.23. The predicted octanol–water partition coefficient (Wildman–Crippen LogP) is 1.71. The van der Waals surface area contributed by atoms with Crippen LogP contribution in [0.25, 0.3) is 0 Å². The Balaban J connectivity index is 3.15. The molecule has 10 heteroatoms. The number of carboxylic acid groups (broad SMARTS) is 1. The number of nitro groups is 1. The van der Waals surface area contributed by atoms with Gasteiger partial charge < -0.3 is 19.9 Å². The first-order valence-electron chi connectivity index (χ1n) is 6.98. The molecule has 25 heavy (non-hydrogen) atoms. The first-order chi connectivity index (χ1) is 11.8. The third-order valence-corrected chi connectivity index (χ3v) is 3.83. The number of hydrogen-bond donors (Lipinski definition) is 2. The second-order valence-corrected chi connectivity index (χ2v) is 5.52. The number of benzene rings is 1. The number of methoxy groups -OCH3 is 1. The van der Waals surface area contributed by atoms with E-state index >= 15 is 0 Å². The van der Waals surface area contributed by atoms with E-state index in [-0.39, 0.29) is 24.5 Å². The van der Waals surface area contributed by atoms with Crippen LogP contribution < -0.4 is 10.1 Å². The summed E-state index contributed by atoms with van der Waals surface area (Å²) < 4.78 is 10.1. The molecule has 0 aliphatic heterocycles. The van der Waals surface area contributed by atoms with Crippen molar-refractivity contribution in [3.05, 3.63) is 40.5 Å². The van der Waals surface area contributed by atoms with Gasteiger partial charge in [-0.25, -0.2) is 4.79 Å². The van der Waals surface area contributed by atoms with Crippen LogP contribution in [0.2, 0.25) is 0 Å². The molecule has 1 aromatic rings. The van der Waals surface area contributed by atoms with Gasteiger partial charge in [-0.1, -0.05) is 6.08 Å². The van der Waals surface area contributed by atoms with Gasteiger partial charge in [-0.2, -0.15) is 0 Å². The highest BCUT2D eigenvalue weighted by Gasteiger charge is 2.27. The zero-order chi connectivity index (χ0) is 19.0. The number of carbonyl (C=O) groups excluding carboxylic acids is 1. The number of amides is 1. The minimum Gasteiger partial charge on any atom is -0.495 e. The van der Waals surface area contributed by atoms with Crippen LogP contribution in [0, 0.1) is 10.1 Å². The molecule has 0 fully saturated rings. The Morgan fingerprint density at radius 1 is 1.52 bits per heavy atom. The lowest BCUT2D eigenvalue weighted by Crippen LogP contribution is -2.44. The summed E-state index contributed by atoms with van der Waals surface area (Å²) in [4.78, 5) is 34.6. The Kier molecular flexibility index (Phi) is 7.89. The number of aliphatic carboxylic acids is 1. The number of carbonyl (C=O) groups is 2. The third kappa shape index (κ3) is 5.47. The van der Waals surface area contributed by atoms with E-state index in [4.69, 9.17) is 14.6 Å². The standard InChI is InChI=1S/C15H18N2O7S/c1-4-5-24-8-10(15(19)20)16-14(18)9-6-13(25-3)12(23-2)7-11(9)17(21)22/h4,6-7,10H,1,5,8H2,2-3H3,(H,16,18)(H,19,20). The van der Waals surface area contributed by atoms with Crippen LogP contribution in [0.3, 0.4) is 0 Å². The molecular formula is C15H18N2O7S. The molecule has 136 valence electrons. The SMILES string of the molecule is C=CCOCC(NC(=O)c1cc(SC)c(OC)cc1[N+](=O)[O-])C(=O)O. The monoisotopic (exact) mass is 370 g/mol. The van der Waals surface area contributed by atoms with Gasteiger partial charge in [-0.3, -0.25) is 14.9 Å². The first kappa shape index (κ1) is 20.5. The lowest BCUT2D eigenvalue weighted by molar-refractivity contribution is -0.385. The van der Waals surface area contributed by atoms with Gasteiger partial charge in [0.15, 0.2) is 6.04 Å². The molecule has 0 heterocycles. The Morgan fingerprint density at radius 3 is 2.68 bits per heavy atom. The van der Waals surface area contributed by atoms with Gasteiger partial charge in [-0.05, 0) is 12.3 Å². The van der Waals surface area contributed by atoms with Crippen molar-refractivity contribution < 1.29 is 29.1 Å². The molecule has 0 bridgehead atoms. The van der Waals surface area contributed by atoms with Gasteiger partial charge >= 0.3 is 5.97 Å². The molecule has 0 saturated carbocycles. The molecule has 1 amide bonds. The Labute approximate surface area is 148 Å². The number of carboxylic acids is 1. The molecule has 2 N–H and O–H groups in total. The molecule has 9 nitrogen and oxygen atoms in total. The average Bonchev–Trinajstić information content (AvgIpc) is 2.59. The predicted molar refractivity (Wildman–Crippen MR) is 91.3 cm³/mol. The fraction of sp³-hybridized carbons (Fsp3) is 0.333. The molecule has 0 spiro atoms. The summed E-state index contributed by atoms with van der Waals surface area (Å²) in [5, 5.41) is 22.6. The minimum atomic E-state index is -1.35. The maximum Gasteiger partial charge on any atom is 0.328 e. The molecular weight excluding hydrogens is 352 g/mol. The zero-order valence-electron chi connectivity index (χ0n) is 13.7. The fourth-order valence-electron chi connectivity index (χ4n) is 1.88. The van der Waals surface area contributed by atoms with E-state index in [1.54, 1.807) is 6.26 Å². The van der Waals surface area contributed by atoms with Gasteiger partial charge in [0.05, 0.1) is 36.2 Å². The van der Waals surface area contributed by atoms with Crippen molar-refractivity contribution in [2.24, 2.45) is 0 Å². The van der Waals surface area contributed by atoms with Crippen LogP contribution in [0.5, 0.6) is 5.75 Å². The van der Waals surface area contributed by atoms with E-state index in [0.717, 1.165) is 6.07 Å². The van der Waals surface area contributed by atoms with E-state index in [1.165, 1.54) is 31.0 Å². The van der Waals surface area contributed by atoms with Crippen molar-refractivity contribution >= 4 is 29.3 Å². The summed E-state index contributed by atoms with van der Waals surface area (Å²) in [5.74, 6) is -1.96. The topological polar surface area (TPSA) is 128 Å². The minimum absolute atomic E-state index is 0.110. The van der Waals surface area contributed by atoms with Crippen LogP contribution in [0.4, 0.5) is 5.69 Å². The van der Waals surface area contributed by atoms with E-state index in [1.807, 2.05) is 0 Å². The number of nitrogens with zero attached hydrogens (tertiary/aromatic N) is 1. The average molecular weight is 370 g/mol. The Bertz CT molecular complexity index is 678. The molecule has 0 radical (unpaired) electrons. The van der Waals surface area contributed by atoms with Crippen LogP contribution >= 0.6 is 11.8 Å². The normalized spacial score (nSPS) is 11.4. The number of thioether (sulfide) groups is 1. The second-order valence-electron chi connectivity index (χ2n) is 4.67. The maximum atomic E-state index is 12.4. The molecule has 1 atom stereocenters. The van der Waals surface area contributed by atoms with Gasteiger partial charge in [-0.15, -0.1) is 18.3 Å². The van der Waals surface area contributed by atoms with Crippen molar-refractivity contribution in [1.82, 2.24) is 5.32 Å². The van der Waals surface area contributed by atoms with Crippen LogP contribution in [0.15, 0.2) is 29.7 Å². The highest BCUT2D eigenvalue weighted by Crippen LogP contribution is 2.34. The van der Waals surface area contributed by atoms with Crippen LogP contribution in [-0.4, -0.2) is 54.5 Å². The van der Waals surface area contributed by atoms with Gasteiger partial charge in [0.1, 0.15) is 11.3 Å². The van der Waals surface area contributed by atoms with Crippen LogP contribution in [-0.2, 0) is 9.53 Å². The number of nitro benzene ring substituents is 1. The number of ether oxygens (including phenoxy) is 2. The first-order valence-corrected chi connectivity index (χ1v) is 8.20. The molecule has 1 aromatic carbocycles. The van der Waals surface area contributed by atoms with Crippen LogP contribution in [0.1, 0.15) is 10.4 Å². The lowest BCUT2D eigenvalue weighted by atomic mass is 10.1. The summed E-state index contributed by atoms with van der Waals surface area (Å²) in [5.41, 5.74) is -0.742. The zero-order valence-corrected chi connectivity index (χ0v) is 14.5. The number of nitrogens with one attached hydrogen (secondary N) is 1. The highest BCUT2D eigenvalue weighted by molar-refractivity contribution is 7.98. The molecule has 1 rings (SSSR count). The van der Waals surface area contributed by atoms with Crippen molar-refractivity contribution in [3.8, 4) is 5.75 Å².